The predicted molar refractivity (Wildman–Crippen MR) is 94.7 cm³/mol. The van der Waals surface area contributed by atoms with Crippen molar-refractivity contribution in [2.24, 2.45) is 23.2 Å². The smallest absolute Gasteiger partial charge is 0.0757 e. The highest BCUT2D eigenvalue weighted by Gasteiger charge is 2.53. The Balaban J connectivity index is 0.000000220. The van der Waals surface area contributed by atoms with E-state index in [2.05, 4.69) is 47.6 Å². The molecular weight excluding hydrogens is 272 g/mol. The monoisotopic (exact) mass is 308 g/mol. The molecule has 0 amide bonds. The van der Waals surface area contributed by atoms with Crippen molar-refractivity contribution in [3.63, 3.8) is 0 Å². The Morgan fingerprint density at radius 3 is 2.41 bits per heavy atom. The number of hydrogen-bond acceptors (Lipinski definition) is 2. The summed E-state index contributed by atoms with van der Waals surface area (Å²) in [4.78, 5) is 0. The van der Waals surface area contributed by atoms with Gasteiger partial charge in [-0.1, -0.05) is 44.1 Å². The lowest BCUT2D eigenvalue weighted by atomic mass is 9.48. The van der Waals surface area contributed by atoms with Crippen LogP contribution < -0.4 is 0 Å². The van der Waals surface area contributed by atoms with Gasteiger partial charge in [0.15, 0.2) is 0 Å². The summed E-state index contributed by atoms with van der Waals surface area (Å²) < 4.78 is 0. The molecule has 0 aromatic carbocycles. The average Bonchev–Trinajstić information content (AvgIpc) is 2.37. The van der Waals surface area contributed by atoms with E-state index < -0.39 is 0 Å². The maximum absolute atomic E-state index is 9.65. The molecule has 22 heavy (non-hydrogen) atoms. The van der Waals surface area contributed by atoms with E-state index >= 15 is 0 Å². The highest BCUT2D eigenvalue weighted by molar-refractivity contribution is 5.24. The maximum atomic E-state index is 9.65. The second-order valence-electron chi connectivity index (χ2n) is 8.09. The maximum Gasteiger partial charge on any atom is 0.0757 e. The Labute approximate surface area is 137 Å². The first kappa shape index (κ1) is 19.4. The number of fused-ring (bicyclic) bond motifs is 1. The molecule has 128 valence electrons. The molecule has 0 radical (unpaired) electrons. The van der Waals surface area contributed by atoms with Crippen LogP contribution >= 0.6 is 0 Å². The van der Waals surface area contributed by atoms with E-state index in [4.69, 9.17) is 5.11 Å². The zero-order valence-electron chi connectivity index (χ0n) is 15.4. The molecule has 0 aromatic rings. The van der Waals surface area contributed by atoms with Crippen molar-refractivity contribution in [3.05, 3.63) is 23.3 Å². The molecule has 2 nitrogen and oxygen atoms in total. The second kappa shape index (κ2) is 8.31. The van der Waals surface area contributed by atoms with Gasteiger partial charge in [-0.05, 0) is 69.6 Å². The van der Waals surface area contributed by atoms with Crippen molar-refractivity contribution < 1.29 is 10.2 Å². The Morgan fingerprint density at radius 1 is 1.36 bits per heavy atom. The first-order chi connectivity index (χ1) is 10.2. The fourth-order valence-electron chi connectivity index (χ4n) is 3.83. The molecule has 3 aliphatic rings. The average molecular weight is 309 g/mol. The summed E-state index contributed by atoms with van der Waals surface area (Å²) in [7, 11) is 0. The Kier molecular flexibility index (Phi) is 7.34. The number of hydrogen-bond donors (Lipinski definition) is 2. The summed E-state index contributed by atoms with van der Waals surface area (Å²) in [5.74, 6) is 1.93. The lowest BCUT2D eigenvalue weighted by Gasteiger charge is -2.57. The van der Waals surface area contributed by atoms with Crippen LogP contribution in [0.25, 0.3) is 0 Å². The molecule has 2 N–H and O–H groups in total. The van der Waals surface area contributed by atoms with Gasteiger partial charge >= 0.3 is 0 Å². The molecule has 3 rings (SSSR count). The molecule has 0 saturated heterocycles. The number of aliphatic hydroxyl groups excluding tert-OH is 2. The fourth-order valence-corrected chi connectivity index (χ4v) is 3.83. The molecule has 1 unspecified atom stereocenters. The van der Waals surface area contributed by atoms with Crippen LogP contribution in [0.3, 0.4) is 0 Å². The highest BCUT2D eigenvalue weighted by Crippen LogP contribution is 2.58. The van der Waals surface area contributed by atoms with E-state index in [-0.39, 0.29) is 6.10 Å². The van der Waals surface area contributed by atoms with Crippen LogP contribution in [0, 0.1) is 23.2 Å². The zero-order chi connectivity index (χ0) is 16.9. The molecule has 2 bridgehead atoms. The van der Waals surface area contributed by atoms with Crippen molar-refractivity contribution in [2.45, 2.75) is 73.3 Å². The van der Waals surface area contributed by atoms with E-state index in [1.165, 1.54) is 24.0 Å². The molecule has 3 aliphatic carbocycles. The molecule has 1 fully saturated rings. The second-order valence-corrected chi connectivity index (χ2v) is 8.09. The van der Waals surface area contributed by atoms with Gasteiger partial charge in [0.1, 0.15) is 0 Å². The molecule has 0 spiro atoms. The standard InChI is InChI=1S/C10H16O.C10H20O/c1-6-4-9(11)8-5-7(6)10(8,2)3;1-9(2)5-4-6-10(3)7-8-11/h4,7-9,11H,5H2,1-3H3;5,10-11H,4,6-8H2,1-3H3/t7-,8+,9-;/m1./s1. The summed E-state index contributed by atoms with van der Waals surface area (Å²) in [6.45, 7) is 13.4. The quantitative estimate of drug-likeness (QED) is 0.721. The SMILES string of the molecule is CC(C)=CCCC(C)CCO.CC1=C[C@@H](O)[C@@H]2C[C@H]1C2(C)C. The van der Waals surface area contributed by atoms with Crippen LogP contribution in [0.2, 0.25) is 0 Å². The summed E-state index contributed by atoms with van der Waals surface area (Å²) in [6, 6.07) is 0. The summed E-state index contributed by atoms with van der Waals surface area (Å²) in [5, 5.41) is 18.3. The highest BCUT2D eigenvalue weighted by atomic mass is 16.3. The molecule has 4 atom stereocenters. The summed E-state index contributed by atoms with van der Waals surface area (Å²) in [5.41, 5.74) is 3.14. The van der Waals surface area contributed by atoms with Gasteiger partial charge in [-0.15, -0.1) is 0 Å². The first-order valence-corrected chi connectivity index (χ1v) is 8.80. The Hall–Kier alpha value is -0.600. The summed E-state index contributed by atoms with van der Waals surface area (Å²) >= 11 is 0. The third-order valence-corrected chi connectivity index (χ3v) is 5.57. The van der Waals surface area contributed by atoms with Crippen LogP contribution in [0.1, 0.15) is 67.2 Å². The number of aliphatic hydroxyl groups is 2. The third kappa shape index (κ3) is 4.96. The van der Waals surface area contributed by atoms with Gasteiger partial charge in [0.05, 0.1) is 6.10 Å². The van der Waals surface area contributed by atoms with E-state index in [0.29, 0.717) is 23.9 Å². The predicted octanol–water partition coefficient (Wildman–Crippen LogP) is 4.72. The molecule has 0 heterocycles. The Bertz CT molecular complexity index is 402. The molecular formula is C20H36O2. The van der Waals surface area contributed by atoms with Gasteiger partial charge in [-0.2, -0.15) is 0 Å². The molecule has 0 aliphatic heterocycles. The van der Waals surface area contributed by atoms with Gasteiger partial charge in [-0.3, -0.25) is 0 Å². The van der Waals surface area contributed by atoms with Crippen LogP contribution in [0.15, 0.2) is 23.3 Å². The van der Waals surface area contributed by atoms with Crippen molar-refractivity contribution in [1.82, 2.24) is 0 Å². The van der Waals surface area contributed by atoms with Crippen LogP contribution in [-0.2, 0) is 0 Å². The first-order valence-electron chi connectivity index (χ1n) is 8.80. The van der Waals surface area contributed by atoms with Crippen molar-refractivity contribution in [1.29, 1.82) is 0 Å². The molecule has 1 saturated carbocycles. The normalized spacial score (nSPS) is 29.5. The molecule has 0 aromatic heterocycles. The van der Waals surface area contributed by atoms with Crippen LogP contribution in [-0.4, -0.2) is 22.9 Å². The van der Waals surface area contributed by atoms with Gasteiger partial charge < -0.3 is 10.2 Å². The minimum Gasteiger partial charge on any atom is -0.396 e. The fraction of sp³-hybridized carbons (Fsp3) is 0.800. The largest absolute Gasteiger partial charge is 0.396 e. The third-order valence-electron chi connectivity index (χ3n) is 5.57. The van der Waals surface area contributed by atoms with Crippen molar-refractivity contribution >= 4 is 0 Å². The van der Waals surface area contributed by atoms with E-state index in [1.54, 1.807) is 0 Å². The topological polar surface area (TPSA) is 40.5 Å². The van der Waals surface area contributed by atoms with Gasteiger partial charge in [0.25, 0.3) is 0 Å². The van der Waals surface area contributed by atoms with E-state index in [1.807, 2.05) is 6.08 Å². The minimum absolute atomic E-state index is 0.171. The van der Waals surface area contributed by atoms with Crippen molar-refractivity contribution in [3.8, 4) is 0 Å². The van der Waals surface area contributed by atoms with Crippen LogP contribution in [0.5, 0.6) is 0 Å². The van der Waals surface area contributed by atoms with Crippen LogP contribution in [0.4, 0.5) is 0 Å². The van der Waals surface area contributed by atoms with E-state index in [9.17, 15) is 5.11 Å². The van der Waals surface area contributed by atoms with E-state index in [0.717, 1.165) is 18.8 Å². The number of allylic oxidation sites excluding steroid dienone is 3. The van der Waals surface area contributed by atoms with Gasteiger partial charge in [-0.25, -0.2) is 0 Å². The minimum atomic E-state index is -0.171. The number of rotatable bonds is 5. The molecule has 2 heteroatoms. The summed E-state index contributed by atoms with van der Waals surface area (Å²) in [6.07, 6.45) is 8.62. The zero-order valence-corrected chi connectivity index (χ0v) is 15.4. The van der Waals surface area contributed by atoms with Gasteiger partial charge in [0, 0.05) is 6.61 Å². The lowest BCUT2D eigenvalue weighted by Crippen LogP contribution is -2.53. The van der Waals surface area contributed by atoms with Crippen molar-refractivity contribution in [2.75, 3.05) is 6.61 Å². The van der Waals surface area contributed by atoms with Gasteiger partial charge in [0.2, 0.25) is 0 Å². The lowest BCUT2D eigenvalue weighted by molar-refractivity contribution is -0.0760. The Morgan fingerprint density at radius 2 is 2.00 bits per heavy atom.